The van der Waals surface area contributed by atoms with Gasteiger partial charge in [-0.25, -0.2) is 0 Å². The molecular weight excluding hydrogens is 378 g/mol. The van der Waals surface area contributed by atoms with Crippen LogP contribution in [-0.2, 0) is 0 Å². The number of para-hydroxylation sites is 1. The Morgan fingerprint density at radius 3 is 2.42 bits per heavy atom. The second kappa shape index (κ2) is 7.51. The van der Waals surface area contributed by atoms with Crippen LogP contribution in [0.2, 0.25) is 0 Å². The van der Waals surface area contributed by atoms with E-state index in [0.717, 1.165) is 38.8 Å². The summed E-state index contributed by atoms with van der Waals surface area (Å²) >= 11 is 0. The molecule has 0 fully saturated rings. The Kier molecular flexibility index (Phi) is 4.67. The van der Waals surface area contributed by atoms with Gasteiger partial charge in [0, 0.05) is 45.5 Å². The summed E-state index contributed by atoms with van der Waals surface area (Å²) in [6, 6.07) is 27.5. The average molecular weight is 404 g/mol. The summed E-state index contributed by atoms with van der Waals surface area (Å²) in [4.78, 5) is 9.42. The van der Waals surface area contributed by atoms with Gasteiger partial charge in [-0.15, -0.1) is 0 Å². The molecule has 3 nitrogen and oxygen atoms in total. The minimum Gasteiger partial charge on any atom is -0.380 e. The Bertz CT molecular complexity index is 1400. The third-order valence-corrected chi connectivity index (χ3v) is 5.36. The first-order valence-electron chi connectivity index (χ1n) is 10.6. The second-order valence-electron chi connectivity index (χ2n) is 8.93. The van der Waals surface area contributed by atoms with E-state index in [4.69, 9.17) is 4.98 Å². The molecular formula is C28H25N3. The van der Waals surface area contributed by atoms with Crippen LogP contribution in [0.25, 0.3) is 44.1 Å². The van der Waals surface area contributed by atoms with Crippen LogP contribution < -0.4 is 5.32 Å². The van der Waals surface area contributed by atoms with Crippen LogP contribution in [0.15, 0.2) is 91.3 Å². The fourth-order valence-electron chi connectivity index (χ4n) is 4.08. The highest BCUT2D eigenvalue weighted by molar-refractivity contribution is 6.03. The highest BCUT2D eigenvalue weighted by Crippen LogP contribution is 2.35. The third kappa shape index (κ3) is 3.87. The number of aromatic nitrogens is 2. The molecule has 0 aliphatic rings. The van der Waals surface area contributed by atoms with Crippen LogP contribution in [-0.4, -0.2) is 15.5 Å². The van der Waals surface area contributed by atoms with Gasteiger partial charge in [0.05, 0.1) is 11.2 Å². The Balaban J connectivity index is 1.65. The molecule has 0 amide bonds. The number of benzene rings is 3. The molecule has 5 rings (SSSR count). The molecule has 0 saturated carbocycles. The second-order valence-corrected chi connectivity index (χ2v) is 8.93. The highest BCUT2D eigenvalue weighted by Gasteiger charge is 2.13. The number of rotatable bonds is 3. The van der Waals surface area contributed by atoms with E-state index in [1.807, 2.05) is 24.5 Å². The van der Waals surface area contributed by atoms with Crippen molar-refractivity contribution in [1.82, 2.24) is 9.97 Å². The minimum absolute atomic E-state index is 0.00105. The number of nitrogens with zero attached hydrogens (tertiary/aromatic N) is 2. The number of anilines is 1. The van der Waals surface area contributed by atoms with Gasteiger partial charge in [0.1, 0.15) is 0 Å². The first-order valence-corrected chi connectivity index (χ1v) is 10.6. The lowest BCUT2D eigenvalue weighted by atomic mass is 9.96. The maximum absolute atomic E-state index is 4.76. The van der Waals surface area contributed by atoms with E-state index in [0.29, 0.717) is 0 Å². The molecule has 0 aliphatic heterocycles. The normalized spacial score (nSPS) is 11.7. The molecule has 5 aromatic rings. The van der Waals surface area contributed by atoms with Gasteiger partial charge in [0.25, 0.3) is 0 Å². The van der Waals surface area contributed by atoms with Crippen molar-refractivity contribution in [3.63, 3.8) is 0 Å². The summed E-state index contributed by atoms with van der Waals surface area (Å²) in [5, 5.41) is 7.02. The van der Waals surface area contributed by atoms with Crippen LogP contribution in [0.4, 0.5) is 5.69 Å². The first-order chi connectivity index (χ1) is 15.0. The summed E-state index contributed by atoms with van der Waals surface area (Å²) in [6.07, 6.45) is 3.87. The Morgan fingerprint density at radius 1 is 0.710 bits per heavy atom. The number of hydrogen-bond acceptors (Lipinski definition) is 3. The van der Waals surface area contributed by atoms with Gasteiger partial charge in [-0.3, -0.25) is 9.97 Å². The highest BCUT2D eigenvalue weighted by atomic mass is 14.9. The molecule has 0 atom stereocenters. The molecule has 0 unspecified atom stereocenters. The van der Waals surface area contributed by atoms with E-state index >= 15 is 0 Å². The molecule has 0 spiro atoms. The van der Waals surface area contributed by atoms with Gasteiger partial charge < -0.3 is 5.32 Å². The lowest BCUT2D eigenvalue weighted by molar-refractivity contribution is 0.634. The molecule has 3 heteroatoms. The molecule has 31 heavy (non-hydrogen) atoms. The zero-order chi connectivity index (χ0) is 21.4. The van der Waals surface area contributed by atoms with Gasteiger partial charge in [0.15, 0.2) is 0 Å². The van der Waals surface area contributed by atoms with E-state index in [9.17, 15) is 0 Å². The van der Waals surface area contributed by atoms with Crippen molar-refractivity contribution in [3.8, 4) is 22.4 Å². The Morgan fingerprint density at radius 2 is 1.55 bits per heavy atom. The zero-order valence-corrected chi connectivity index (χ0v) is 18.1. The average Bonchev–Trinajstić information content (AvgIpc) is 2.77. The van der Waals surface area contributed by atoms with Crippen molar-refractivity contribution in [1.29, 1.82) is 0 Å². The van der Waals surface area contributed by atoms with E-state index < -0.39 is 0 Å². The van der Waals surface area contributed by atoms with Gasteiger partial charge in [0.2, 0.25) is 0 Å². The topological polar surface area (TPSA) is 37.8 Å². The fraction of sp³-hybridized carbons (Fsp3) is 0.143. The van der Waals surface area contributed by atoms with Gasteiger partial charge >= 0.3 is 0 Å². The lowest BCUT2D eigenvalue weighted by Gasteiger charge is -2.22. The van der Waals surface area contributed by atoms with Crippen molar-refractivity contribution < 1.29 is 0 Å². The molecule has 0 aliphatic carbocycles. The Labute approximate surface area is 182 Å². The van der Waals surface area contributed by atoms with Crippen molar-refractivity contribution >= 4 is 27.4 Å². The quantitative estimate of drug-likeness (QED) is 0.343. The molecule has 1 N–H and O–H groups in total. The predicted octanol–water partition coefficient (Wildman–Crippen LogP) is 7.33. The first kappa shape index (κ1) is 19.3. The summed E-state index contributed by atoms with van der Waals surface area (Å²) < 4.78 is 0. The monoisotopic (exact) mass is 403 g/mol. The summed E-state index contributed by atoms with van der Waals surface area (Å²) in [7, 11) is 0. The lowest BCUT2D eigenvalue weighted by Crippen LogP contribution is -2.25. The smallest absolute Gasteiger partial charge is 0.0781 e. The predicted molar refractivity (Wildman–Crippen MR) is 131 cm³/mol. The summed E-state index contributed by atoms with van der Waals surface area (Å²) in [6.45, 7) is 6.50. The largest absolute Gasteiger partial charge is 0.380 e. The van der Waals surface area contributed by atoms with E-state index in [-0.39, 0.29) is 5.54 Å². The molecule has 0 bridgehead atoms. The molecule has 152 valence electrons. The van der Waals surface area contributed by atoms with Gasteiger partial charge in [-0.1, -0.05) is 48.5 Å². The number of fused-ring (bicyclic) bond motifs is 2. The van der Waals surface area contributed by atoms with Crippen molar-refractivity contribution in [2.75, 3.05) is 5.32 Å². The number of hydrogen-bond donors (Lipinski definition) is 1. The van der Waals surface area contributed by atoms with Crippen molar-refractivity contribution in [2.24, 2.45) is 0 Å². The van der Waals surface area contributed by atoms with E-state index in [1.165, 1.54) is 10.9 Å². The van der Waals surface area contributed by atoms with Gasteiger partial charge in [-0.2, -0.15) is 0 Å². The van der Waals surface area contributed by atoms with Crippen LogP contribution >= 0.6 is 0 Å². The maximum atomic E-state index is 4.76. The van der Waals surface area contributed by atoms with Crippen LogP contribution in [0.1, 0.15) is 20.8 Å². The standard InChI is InChI=1S/C28H25N3/c1-28(2,3)31-22-10-6-9-20(17-22)27-25-12-7-11-23(24(25)14-15-29-27)21-16-19-8-4-5-13-26(19)30-18-21/h4-18,31H,1-3H3. The van der Waals surface area contributed by atoms with Gasteiger partial charge in [-0.05, 0) is 62.1 Å². The fourth-order valence-corrected chi connectivity index (χ4v) is 4.08. The SMILES string of the molecule is CC(C)(C)Nc1cccc(-c2nccc3c(-c4cnc5ccccc5c4)cccc23)c1. The molecule has 0 saturated heterocycles. The zero-order valence-electron chi connectivity index (χ0n) is 18.1. The van der Waals surface area contributed by atoms with Crippen LogP contribution in [0.3, 0.4) is 0 Å². The maximum Gasteiger partial charge on any atom is 0.0781 e. The molecule has 2 aromatic heterocycles. The molecule has 2 heterocycles. The number of nitrogens with one attached hydrogen (secondary N) is 1. The summed E-state index contributed by atoms with van der Waals surface area (Å²) in [5.74, 6) is 0. The number of pyridine rings is 2. The van der Waals surface area contributed by atoms with E-state index in [1.54, 1.807) is 0 Å². The van der Waals surface area contributed by atoms with Crippen molar-refractivity contribution in [3.05, 3.63) is 91.3 Å². The summed E-state index contributed by atoms with van der Waals surface area (Å²) in [5.41, 5.74) is 6.49. The minimum atomic E-state index is 0.00105. The van der Waals surface area contributed by atoms with Crippen molar-refractivity contribution in [2.45, 2.75) is 26.3 Å². The third-order valence-electron chi connectivity index (χ3n) is 5.36. The van der Waals surface area contributed by atoms with Crippen LogP contribution in [0.5, 0.6) is 0 Å². The van der Waals surface area contributed by atoms with E-state index in [2.05, 4.69) is 97.8 Å². The molecule has 0 radical (unpaired) electrons. The molecule has 3 aromatic carbocycles. The van der Waals surface area contributed by atoms with Crippen LogP contribution in [0, 0.1) is 0 Å². The Hall–Kier alpha value is -3.72.